The fourth-order valence-electron chi connectivity index (χ4n) is 3.31. The third kappa shape index (κ3) is 5.26. The first-order valence-electron chi connectivity index (χ1n) is 9.86. The molecule has 0 saturated heterocycles. The van der Waals surface area contributed by atoms with Crippen molar-refractivity contribution >= 4 is 34.6 Å². The van der Waals surface area contributed by atoms with Crippen LogP contribution in [0.15, 0.2) is 45.9 Å². The van der Waals surface area contributed by atoms with Gasteiger partial charge in [-0.25, -0.2) is 9.78 Å². The number of urea groups is 1. The lowest BCUT2D eigenvalue weighted by molar-refractivity contribution is -0.119. The van der Waals surface area contributed by atoms with Crippen LogP contribution in [0.4, 0.5) is 4.79 Å². The Hall–Kier alpha value is -2.61. The molecule has 1 aliphatic rings. The van der Waals surface area contributed by atoms with E-state index < -0.39 is 17.2 Å². The minimum Gasteiger partial charge on any atom is -0.341 e. The summed E-state index contributed by atoms with van der Waals surface area (Å²) in [6, 6.07) is 6.67. The summed E-state index contributed by atoms with van der Waals surface area (Å²) in [7, 11) is 1.45. The lowest BCUT2D eigenvalue weighted by Crippen LogP contribution is -2.41. The Balaban J connectivity index is 1.89. The number of fused-ring (bicyclic) bond motifs is 1. The predicted molar refractivity (Wildman–Crippen MR) is 115 cm³/mol. The summed E-state index contributed by atoms with van der Waals surface area (Å²) >= 11 is 1.19. The largest absolute Gasteiger partial charge is 0.341 e. The molecule has 2 N–H and O–H groups in total. The number of thioether (sulfide) groups is 1. The third-order valence-electron chi connectivity index (χ3n) is 4.98. The number of hydrogen-bond acceptors (Lipinski definition) is 5. The van der Waals surface area contributed by atoms with Gasteiger partial charge in [0.2, 0.25) is 5.91 Å². The van der Waals surface area contributed by atoms with Crippen molar-refractivity contribution in [3.8, 4) is 0 Å². The zero-order valence-electron chi connectivity index (χ0n) is 16.7. The van der Waals surface area contributed by atoms with Crippen LogP contribution in [0, 0.1) is 0 Å². The molecule has 2 aromatic rings. The van der Waals surface area contributed by atoms with Crippen molar-refractivity contribution in [2.24, 2.45) is 0 Å². The van der Waals surface area contributed by atoms with E-state index in [0.717, 1.165) is 19.3 Å². The highest BCUT2D eigenvalue weighted by molar-refractivity contribution is 8.00. The highest BCUT2D eigenvalue weighted by atomic mass is 32.2. The number of para-hydroxylation sites is 1. The van der Waals surface area contributed by atoms with Crippen molar-refractivity contribution in [1.29, 1.82) is 0 Å². The number of imide groups is 1. The average Bonchev–Trinajstić information content (AvgIpc) is 2.74. The lowest BCUT2D eigenvalue weighted by Gasteiger charge is -2.18. The molecule has 1 aromatic carbocycles. The van der Waals surface area contributed by atoms with E-state index in [4.69, 9.17) is 0 Å². The number of nitrogens with zero attached hydrogens (tertiary/aromatic N) is 2. The Morgan fingerprint density at radius 1 is 1.28 bits per heavy atom. The Kier molecular flexibility index (Phi) is 7.09. The van der Waals surface area contributed by atoms with E-state index >= 15 is 0 Å². The maximum absolute atomic E-state index is 13.1. The molecular weight excluding hydrogens is 388 g/mol. The summed E-state index contributed by atoms with van der Waals surface area (Å²) in [5.74, 6) is -0.432. The van der Waals surface area contributed by atoms with Gasteiger partial charge < -0.3 is 5.32 Å². The van der Waals surface area contributed by atoms with Gasteiger partial charge in [-0.3, -0.25) is 19.5 Å². The molecule has 8 heteroatoms. The Bertz CT molecular complexity index is 999. The number of rotatable bonds is 6. The average molecular weight is 415 g/mol. The molecule has 0 fully saturated rings. The minimum atomic E-state index is -0.583. The van der Waals surface area contributed by atoms with Crippen molar-refractivity contribution in [3.63, 3.8) is 0 Å². The number of amides is 3. The number of nitrogens with one attached hydrogen (secondary N) is 2. The molecule has 0 radical (unpaired) electrons. The number of carbonyl (C=O) groups excluding carboxylic acids is 2. The molecule has 0 saturated carbocycles. The van der Waals surface area contributed by atoms with E-state index in [1.54, 1.807) is 23.6 Å². The van der Waals surface area contributed by atoms with Gasteiger partial charge in [-0.05, 0) is 51.2 Å². The highest BCUT2D eigenvalue weighted by Crippen LogP contribution is 2.25. The highest BCUT2D eigenvalue weighted by Gasteiger charge is 2.21. The molecule has 1 aliphatic carbocycles. The summed E-state index contributed by atoms with van der Waals surface area (Å²) in [5, 5.41) is 5.10. The van der Waals surface area contributed by atoms with Crippen molar-refractivity contribution in [1.82, 2.24) is 20.2 Å². The van der Waals surface area contributed by atoms with Crippen LogP contribution in [-0.4, -0.2) is 33.8 Å². The molecule has 0 spiro atoms. The topological polar surface area (TPSA) is 93.1 Å². The second-order valence-electron chi connectivity index (χ2n) is 7.05. The van der Waals surface area contributed by atoms with Crippen LogP contribution in [0.2, 0.25) is 0 Å². The van der Waals surface area contributed by atoms with Crippen molar-refractivity contribution < 1.29 is 9.59 Å². The summed E-state index contributed by atoms with van der Waals surface area (Å²) in [6.07, 6.45) is 7.65. The minimum absolute atomic E-state index is 0.103. The molecule has 1 heterocycles. The molecule has 3 amide bonds. The van der Waals surface area contributed by atoms with Crippen LogP contribution in [0.25, 0.3) is 10.9 Å². The molecule has 0 unspecified atom stereocenters. The standard InChI is InChI=1S/C21H26N4O3S/c1-14(18(26)24-20(28)22-2)29-21-23-17-11-7-6-10-16(17)19(27)25(21)13-12-15-8-4-3-5-9-15/h6-8,10-11,14H,3-5,9,12-13H2,1-2H3,(H2,22,24,26,28)/t14-/m0/s1. The van der Waals surface area contributed by atoms with Gasteiger partial charge in [-0.1, -0.05) is 35.5 Å². The van der Waals surface area contributed by atoms with E-state index in [1.807, 2.05) is 12.1 Å². The third-order valence-corrected chi connectivity index (χ3v) is 6.07. The lowest BCUT2D eigenvalue weighted by atomic mass is 9.97. The molecule has 0 aliphatic heterocycles. The van der Waals surface area contributed by atoms with Crippen LogP contribution < -0.4 is 16.2 Å². The molecule has 7 nitrogen and oxygen atoms in total. The van der Waals surface area contributed by atoms with E-state index in [2.05, 4.69) is 21.7 Å². The van der Waals surface area contributed by atoms with Crippen LogP contribution in [0.1, 0.15) is 39.0 Å². The predicted octanol–water partition coefficient (Wildman–Crippen LogP) is 3.22. The quantitative estimate of drug-likeness (QED) is 0.430. The molecule has 1 aromatic heterocycles. The molecule has 1 atom stereocenters. The normalized spacial score (nSPS) is 14.9. The molecule has 29 heavy (non-hydrogen) atoms. The Labute approximate surface area is 174 Å². The van der Waals surface area contributed by atoms with Gasteiger partial charge in [0.05, 0.1) is 16.2 Å². The maximum Gasteiger partial charge on any atom is 0.321 e. The van der Waals surface area contributed by atoms with E-state index in [9.17, 15) is 14.4 Å². The van der Waals surface area contributed by atoms with Gasteiger partial charge in [0.25, 0.3) is 5.56 Å². The van der Waals surface area contributed by atoms with Crippen LogP contribution in [0.5, 0.6) is 0 Å². The Morgan fingerprint density at radius 2 is 2.07 bits per heavy atom. The number of hydrogen-bond donors (Lipinski definition) is 2. The van der Waals surface area contributed by atoms with Gasteiger partial charge in [-0.2, -0.15) is 0 Å². The smallest absolute Gasteiger partial charge is 0.321 e. The first-order valence-corrected chi connectivity index (χ1v) is 10.7. The van der Waals surface area contributed by atoms with Crippen molar-refractivity contribution in [3.05, 3.63) is 46.3 Å². The second kappa shape index (κ2) is 9.73. The first-order chi connectivity index (χ1) is 14.0. The summed E-state index contributed by atoms with van der Waals surface area (Å²) in [5.41, 5.74) is 1.87. The number of carbonyl (C=O) groups is 2. The van der Waals surface area contributed by atoms with Crippen molar-refractivity contribution in [2.45, 2.75) is 56.0 Å². The second-order valence-corrected chi connectivity index (χ2v) is 8.36. The van der Waals surface area contributed by atoms with Crippen LogP contribution in [-0.2, 0) is 11.3 Å². The summed E-state index contributed by atoms with van der Waals surface area (Å²) in [4.78, 5) is 41.5. The van der Waals surface area contributed by atoms with Gasteiger partial charge in [0.1, 0.15) is 0 Å². The maximum atomic E-state index is 13.1. The fraction of sp³-hybridized carbons (Fsp3) is 0.429. The van der Waals surface area contributed by atoms with Gasteiger partial charge in [-0.15, -0.1) is 0 Å². The monoisotopic (exact) mass is 414 g/mol. The van der Waals surface area contributed by atoms with Gasteiger partial charge in [0.15, 0.2) is 5.16 Å². The van der Waals surface area contributed by atoms with Crippen molar-refractivity contribution in [2.75, 3.05) is 7.05 Å². The zero-order chi connectivity index (χ0) is 20.8. The molecule has 0 bridgehead atoms. The van der Waals surface area contributed by atoms with Gasteiger partial charge >= 0.3 is 6.03 Å². The molecular formula is C21H26N4O3S. The number of allylic oxidation sites excluding steroid dienone is 2. The Morgan fingerprint density at radius 3 is 2.79 bits per heavy atom. The van der Waals surface area contributed by atoms with Gasteiger partial charge in [0, 0.05) is 13.6 Å². The van der Waals surface area contributed by atoms with Crippen LogP contribution in [0.3, 0.4) is 0 Å². The number of aromatic nitrogens is 2. The zero-order valence-corrected chi connectivity index (χ0v) is 17.6. The van der Waals surface area contributed by atoms with E-state index in [-0.39, 0.29) is 5.56 Å². The van der Waals surface area contributed by atoms with Crippen LogP contribution >= 0.6 is 11.8 Å². The van der Waals surface area contributed by atoms with E-state index in [1.165, 1.54) is 37.2 Å². The molecule has 154 valence electrons. The summed E-state index contributed by atoms with van der Waals surface area (Å²) < 4.78 is 1.66. The van der Waals surface area contributed by atoms with E-state index in [0.29, 0.717) is 22.6 Å². The SMILES string of the molecule is CNC(=O)NC(=O)[C@H](C)Sc1nc2ccccc2c(=O)n1CCC1=CCCCC1. The molecule has 3 rings (SSSR count). The first kappa shape index (κ1) is 21.1. The summed E-state index contributed by atoms with van der Waals surface area (Å²) in [6.45, 7) is 2.22. The number of benzene rings is 1. The fourth-order valence-corrected chi connectivity index (χ4v) is 4.24.